The lowest BCUT2D eigenvalue weighted by Crippen LogP contribution is -2.46. The molecular weight excluding hydrogens is 993 g/mol. The van der Waals surface area contributed by atoms with Gasteiger partial charge in [0.2, 0.25) is 0 Å². The van der Waals surface area contributed by atoms with Crippen LogP contribution in [0.1, 0.15) is 126 Å². The van der Waals surface area contributed by atoms with Crippen LogP contribution in [-0.4, -0.2) is 87.6 Å². The molecule has 416 valence electrons. The van der Waals surface area contributed by atoms with Gasteiger partial charge in [0.1, 0.15) is 0 Å². The van der Waals surface area contributed by atoms with E-state index in [4.69, 9.17) is 37.9 Å². The molecule has 4 rings (SSSR count). The number of esters is 4. The number of nitrogens with zero attached hydrogens (tertiary/aromatic N) is 2. The number of nitro groups is 2. The second-order valence-corrected chi connectivity index (χ2v) is 18.3. The fraction of sp³-hybridized carbons (Fsp3) is 0.458. The monoisotopic (exact) mass is 1070 g/mol. The summed E-state index contributed by atoms with van der Waals surface area (Å²) in [6.45, 7) is 5.66. The number of carbonyl (C=O) groups is 4. The van der Waals surface area contributed by atoms with Gasteiger partial charge in [0.05, 0.1) is 63.7 Å². The summed E-state index contributed by atoms with van der Waals surface area (Å²) < 4.78 is 45.0. The van der Waals surface area contributed by atoms with Crippen LogP contribution in [0.4, 0.5) is 11.4 Å². The van der Waals surface area contributed by atoms with E-state index in [-0.39, 0.29) is 50.6 Å². The number of carbonyl (C=O) groups excluding carboxylic acids is 4. The molecule has 0 fully saturated rings. The summed E-state index contributed by atoms with van der Waals surface area (Å²) in [5, 5.41) is 22.9. The Balaban J connectivity index is 1.30. The molecule has 0 bridgehead atoms. The Morgan fingerprint density at radius 1 is 0.455 bits per heavy atom. The molecule has 0 aliphatic rings. The van der Waals surface area contributed by atoms with Crippen LogP contribution < -0.4 is 18.9 Å². The summed E-state index contributed by atoms with van der Waals surface area (Å²) in [6, 6.07) is 21.7. The number of hydrogen-bond donors (Lipinski definition) is 0. The molecular formula is C59H74N2O16. The van der Waals surface area contributed by atoms with Crippen molar-refractivity contribution in [1.82, 2.24) is 0 Å². The fourth-order valence-electron chi connectivity index (χ4n) is 7.98. The molecule has 77 heavy (non-hydrogen) atoms. The first-order valence-corrected chi connectivity index (χ1v) is 26.4. The third kappa shape index (κ3) is 22.2. The van der Waals surface area contributed by atoms with Crippen molar-refractivity contribution in [2.75, 3.05) is 53.9 Å². The molecule has 4 aromatic carbocycles. The molecule has 0 aliphatic heterocycles. The Morgan fingerprint density at radius 3 is 1.14 bits per heavy atom. The van der Waals surface area contributed by atoms with Crippen LogP contribution in [0.25, 0.3) is 12.2 Å². The average molecular weight is 1070 g/mol. The summed E-state index contributed by atoms with van der Waals surface area (Å²) in [5.41, 5.74) is -0.0406. The average Bonchev–Trinajstić information content (AvgIpc) is 3.43. The Morgan fingerprint density at radius 2 is 0.805 bits per heavy atom. The van der Waals surface area contributed by atoms with E-state index in [0.717, 1.165) is 49.7 Å². The summed E-state index contributed by atoms with van der Waals surface area (Å²) in [5.74, 6) is -0.387. The van der Waals surface area contributed by atoms with E-state index < -0.39 is 39.1 Å². The van der Waals surface area contributed by atoms with Crippen LogP contribution in [-0.2, 0) is 51.0 Å². The van der Waals surface area contributed by atoms with Crippen molar-refractivity contribution >= 4 is 47.4 Å². The van der Waals surface area contributed by atoms with Gasteiger partial charge in [-0.2, -0.15) is 0 Å². The second kappa shape index (κ2) is 34.7. The van der Waals surface area contributed by atoms with Crippen LogP contribution >= 0.6 is 0 Å². The van der Waals surface area contributed by atoms with Gasteiger partial charge in [0.25, 0.3) is 11.4 Å². The SMILES string of the molecule is CCCCCOc1ccc(/C=C/C(=O)OCCCCCCOC(=O)C(Cc2ccc([N+](=O)[O-])cc2)(Cc2ccc([N+](=O)[O-])cc2)C(=O)OCCCCCCOC(=O)/C=C/c2ccc(OCCCCC)c(OC)c2)cc1OC. The Bertz CT molecular complexity index is 2370. The molecule has 0 atom stereocenters. The van der Waals surface area contributed by atoms with E-state index in [1.165, 1.54) is 60.7 Å². The van der Waals surface area contributed by atoms with Crippen molar-refractivity contribution < 1.29 is 66.9 Å². The smallest absolute Gasteiger partial charge is 0.330 e. The largest absolute Gasteiger partial charge is 0.493 e. The minimum atomic E-state index is -1.99. The van der Waals surface area contributed by atoms with Gasteiger partial charge in [0.15, 0.2) is 28.4 Å². The van der Waals surface area contributed by atoms with Crippen molar-refractivity contribution in [1.29, 1.82) is 0 Å². The zero-order valence-electron chi connectivity index (χ0n) is 44.9. The Kier molecular flexibility index (Phi) is 27.9. The minimum absolute atomic E-state index is 0.0557. The lowest BCUT2D eigenvalue weighted by molar-refractivity contribution is -0.385. The number of ether oxygens (including phenoxy) is 8. The molecule has 0 saturated heterocycles. The highest BCUT2D eigenvalue weighted by Gasteiger charge is 2.49. The van der Waals surface area contributed by atoms with Crippen LogP contribution in [0.2, 0.25) is 0 Å². The molecule has 4 aromatic rings. The zero-order valence-corrected chi connectivity index (χ0v) is 44.9. The van der Waals surface area contributed by atoms with Crippen molar-refractivity contribution in [3.8, 4) is 23.0 Å². The van der Waals surface area contributed by atoms with Gasteiger partial charge in [-0.3, -0.25) is 29.8 Å². The van der Waals surface area contributed by atoms with Gasteiger partial charge in [-0.1, -0.05) is 75.9 Å². The van der Waals surface area contributed by atoms with E-state index >= 15 is 0 Å². The first kappa shape index (κ1) is 61.8. The van der Waals surface area contributed by atoms with Gasteiger partial charge in [-0.15, -0.1) is 0 Å². The molecule has 0 aromatic heterocycles. The van der Waals surface area contributed by atoms with Crippen LogP contribution in [0.5, 0.6) is 23.0 Å². The van der Waals surface area contributed by atoms with Crippen molar-refractivity contribution in [3.63, 3.8) is 0 Å². The first-order valence-electron chi connectivity index (χ1n) is 26.4. The Hall–Kier alpha value is -7.76. The maximum atomic E-state index is 14.4. The lowest BCUT2D eigenvalue weighted by atomic mass is 9.76. The lowest BCUT2D eigenvalue weighted by Gasteiger charge is -2.30. The van der Waals surface area contributed by atoms with Gasteiger partial charge >= 0.3 is 23.9 Å². The number of benzene rings is 4. The molecule has 0 N–H and O–H groups in total. The first-order chi connectivity index (χ1) is 37.3. The van der Waals surface area contributed by atoms with Crippen LogP contribution in [0, 0.1) is 25.6 Å². The molecule has 0 radical (unpaired) electrons. The number of methoxy groups -OCH3 is 2. The topological polar surface area (TPSA) is 228 Å². The predicted octanol–water partition coefficient (Wildman–Crippen LogP) is 12.2. The van der Waals surface area contributed by atoms with E-state index in [0.29, 0.717) is 98.7 Å². The summed E-state index contributed by atoms with van der Waals surface area (Å²) >= 11 is 0. The van der Waals surface area contributed by atoms with Crippen LogP contribution in [0.3, 0.4) is 0 Å². The quantitative estimate of drug-likeness (QED) is 0.00773. The second-order valence-electron chi connectivity index (χ2n) is 18.3. The highest BCUT2D eigenvalue weighted by Crippen LogP contribution is 2.34. The van der Waals surface area contributed by atoms with Crippen molar-refractivity contribution in [2.45, 2.75) is 117 Å². The van der Waals surface area contributed by atoms with E-state index in [1.807, 2.05) is 12.1 Å². The van der Waals surface area contributed by atoms with Gasteiger partial charge in [-0.25, -0.2) is 9.59 Å². The molecule has 0 aliphatic carbocycles. The maximum absolute atomic E-state index is 14.4. The number of nitro benzene ring substituents is 2. The third-order valence-electron chi connectivity index (χ3n) is 12.3. The highest BCUT2D eigenvalue weighted by atomic mass is 16.6. The maximum Gasteiger partial charge on any atom is 0.330 e. The van der Waals surface area contributed by atoms with Crippen molar-refractivity contribution in [3.05, 3.63) is 140 Å². The number of hydrogen-bond acceptors (Lipinski definition) is 16. The Labute approximate surface area is 451 Å². The normalized spacial score (nSPS) is 11.3. The van der Waals surface area contributed by atoms with Gasteiger partial charge in [0, 0.05) is 36.4 Å². The van der Waals surface area contributed by atoms with Gasteiger partial charge in [-0.05, 0) is 136 Å². The molecule has 0 unspecified atom stereocenters. The fourth-order valence-corrected chi connectivity index (χ4v) is 7.98. The molecule has 18 heteroatoms. The van der Waals surface area contributed by atoms with E-state index in [9.17, 15) is 39.4 Å². The van der Waals surface area contributed by atoms with Crippen LogP contribution in [0.15, 0.2) is 97.1 Å². The highest BCUT2D eigenvalue weighted by molar-refractivity contribution is 6.01. The zero-order chi connectivity index (χ0) is 55.7. The van der Waals surface area contributed by atoms with Gasteiger partial charge < -0.3 is 37.9 Å². The van der Waals surface area contributed by atoms with E-state index in [2.05, 4.69) is 13.8 Å². The number of non-ortho nitro benzene ring substituents is 2. The molecule has 0 spiro atoms. The standard InChI is InChI=1S/C59H74N2O16/c1-5-7-13-35-72-51-31-23-45(41-53(51)70-3)25-33-55(62)74-37-15-9-11-17-39-76-57(64)59(43-47-19-27-49(28-20-47)60(66)67,44-48-21-29-50(30-22-48)61(68)69)58(65)77-40-18-12-10-16-38-75-56(63)34-26-46-24-32-52(54(42-46)71-4)73-36-14-8-6-2/h19-34,41-42H,5-18,35-40,43-44H2,1-4H3/b33-25+,34-26+. The number of unbranched alkanes of at least 4 members (excludes halogenated alkanes) is 10. The summed E-state index contributed by atoms with van der Waals surface area (Å²) in [7, 11) is 3.12. The molecule has 0 amide bonds. The predicted molar refractivity (Wildman–Crippen MR) is 291 cm³/mol. The summed E-state index contributed by atoms with van der Waals surface area (Å²) in [6.07, 6.45) is 16.1. The molecule has 0 heterocycles. The minimum Gasteiger partial charge on any atom is -0.493 e. The third-order valence-corrected chi connectivity index (χ3v) is 12.3. The number of rotatable bonds is 38. The molecule has 18 nitrogen and oxygen atoms in total. The van der Waals surface area contributed by atoms with E-state index in [1.54, 1.807) is 50.6 Å². The summed E-state index contributed by atoms with van der Waals surface area (Å²) in [4.78, 5) is 75.5. The molecule has 0 saturated carbocycles. The van der Waals surface area contributed by atoms with Crippen molar-refractivity contribution in [2.24, 2.45) is 5.41 Å².